The standard InChI is InChI=1S/C27H25ClFN3O6/c1-3-27(37)15-7-19-24-13(9-32(19)25(35)14(15)10-38-26(27)36)22-17(30-20(34)6-11(2)33)5-4-12-21(22)18(31-24)8-16(29)23(12)28/h7-8,11,17,33,37H,3-6,9-10H2,1-2H3,(H,30,34)/t11-,17-,27-/m0/s1. The van der Waals surface area contributed by atoms with Crippen LogP contribution in [-0.4, -0.2) is 37.7 Å². The Morgan fingerprint density at radius 1 is 1.34 bits per heavy atom. The number of esters is 1. The molecule has 11 heteroatoms. The molecule has 198 valence electrons. The molecule has 2 aromatic heterocycles. The van der Waals surface area contributed by atoms with Gasteiger partial charge in [-0.2, -0.15) is 0 Å². The topological polar surface area (TPSA) is 131 Å². The summed E-state index contributed by atoms with van der Waals surface area (Å²) < 4.78 is 21.5. The van der Waals surface area contributed by atoms with E-state index in [1.54, 1.807) is 13.0 Å². The maximum absolute atomic E-state index is 14.8. The highest BCUT2D eigenvalue weighted by Crippen LogP contribution is 2.46. The molecular formula is C27H25ClFN3O6. The summed E-state index contributed by atoms with van der Waals surface area (Å²) in [6.45, 7) is 3.03. The Morgan fingerprint density at radius 2 is 2.11 bits per heavy atom. The monoisotopic (exact) mass is 541 g/mol. The maximum Gasteiger partial charge on any atom is 0.343 e. The van der Waals surface area contributed by atoms with Crippen molar-refractivity contribution in [3.8, 4) is 11.4 Å². The molecule has 3 aliphatic rings. The number of cyclic esters (lactones) is 1. The number of rotatable bonds is 4. The first-order valence-corrected chi connectivity index (χ1v) is 12.9. The number of carbonyl (C=O) groups is 2. The normalized spacial score (nSPS) is 21.9. The molecule has 4 heterocycles. The van der Waals surface area contributed by atoms with Gasteiger partial charge in [-0.15, -0.1) is 0 Å². The largest absolute Gasteiger partial charge is 0.458 e. The molecule has 0 bridgehead atoms. The molecule has 3 N–H and O–H groups in total. The summed E-state index contributed by atoms with van der Waals surface area (Å²) >= 11 is 6.36. The quantitative estimate of drug-likeness (QED) is 0.339. The predicted octanol–water partition coefficient (Wildman–Crippen LogP) is 2.75. The van der Waals surface area contributed by atoms with Crippen molar-refractivity contribution in [3.05, 3.63) is 61.1 Å². The Bertz CT molecular complexity index is 1630. The molecular weight excluding hydrogens is 517 g/mol. The molecule has 0 fully saturated rings. The highest BCUT2D eigenvalue weighted by atomic mass is 35.5. The summed E-state index contributed by atoms with van der Waals surface area (Å²) in [4.78, 5) is 43.5. The van der Waals surface area contributed by atoms with E-state index in [-0.39, 0.29) is 48.0 Å². The summed E-state index contributed by atoms with van der Waals surface area (Å²) in [7, 11) is 0. The minimum absolute atomic E-state index is 0.000991. The third-order valence-electron chi connectivity index (χ3n) is 7.86. The van der Waals surface area contributed by atoms with Crippen LogP contribution >= 0.6 is 11.6 Å². The SMILES string of the molecule is CC[C@@]1(O)C(=O)OCc2c1cc1n(c2=O)Cc2c-1nc1cc(F)c(Cl)c3c1c2[C@@H](NC(=O)C[C@H](C)O)CC3. The molecule has 0 radical (unpaired) electrons. The first-order valence-electron chi connectivity index (χ1n) is 12.5. The van der Waals surface area contributed by atoms with Crippen LogP contribution < -0.4 is 10.9 Å². The number of carbonyl (C=O) groups excluding carboxylic acids is 2. The fourth-order valence-corrected chi connectivity index (χ4v) is 6.26. The van der Waals surface area contributed by atoms with Crippen LogP contribution in [0.25, 0.3) is 22.3 Å². The number of nitrogens with zero attached hydrogens (tertiary/aromatic N) is 2. The van der Waals surface area contributed by atoms with Gasteiger partial charge in [0.15, 0.2) is 5.60 Å². The average molecular weight is 542 g/mol. The highest BCUT2D eigenvalue weighted by molar-refractivity contribution is 6.32. The Kier molecular flexibility index (Phi) is 5.64. The van der Waals surface area contributed by atoms with Crippen LogP contribution in [0.5, 0.6) is 0 Å². The average Bonchev–Trinajstić information content (AvgIpc) is 3.24. The van der Waals surface area contributed by atoms with Gasteiger partial charge in [0.25, 0.3) is 5.56 Å². The lowest BCUT2D eigenvalue weighted by atomic mass is 9.83. The van der Waals surface area contributed by atoms with Gasteiger partial charge in [0.05, 0.1) is 52.6 Å². The van der Waals surface area contributed by atoms with Gasteiger partial charge in [-0.25, -0.2) is 14.2 Å². The van der Waals surface area contributed by atoms with E-state index in [1.807, 2.05) is 0 Å². The summed E-state index contributed by atoms with van der Waals surface area (Å²) in [6.07, 6.45) is -0.0544. The Hall–Kier alpha value is -3.34. The lowest BCUT2D eigenvalue weighted by Crippen LogP contribution is -2.44. The van der Waals surface area contributed by atoms with Gasteiger partial charge in [0, 0.05) is 22.6 Å². The van der Waals surface area contributed by atoms with E-state index in [1.165, 1.54) is 17.6 Å². The second kappa shape index (κ2) is 8.59. The Balaban J connectivity index is 1.61. The molecule has 0 unspecified atom stereocenters. The number of aryl methyl sites for hydroxylation is 1. The van der Waals surface area contributed by atoms with Crippen molar-refractivity contribution in [2.45, 2.75) is 70.4 Å². The van der Waals surface area contributed by atoms with Crippen molar-refractivity contribution in [1.29, 1.82) is 0 Å². The molecule has 38 heavy (non-hydrogen) atoms. The number of hydrogen-bond acceptors (Lipinski definition) is 7. The van der Waals surface area contributed by atoms with Gasteiger partial charge in [0.2, 0.25) is 5.91 Å². The second-order valence-electron chi connectivity index (χ2n) is 10.2. The number of benzene rings is 1. The lowest BCUT2D eigenvalue weighted by Gasteiger charge is -2.31. The number of aliphatic hydroxyl groups excluding tert-OH is 1. The summed E-state index contributed by atoms with van der Waals surface area (Å²) in [5.74, 6) is -1.78. The van der Waals surface area contributed by atoms with E-state index in [0.717, 1.165) is 0 Å². The fourth-order valence-electron chi connectivity index (χ4n) is 6.02. The molecule has 9 nitrogen and oxygen atoms in total. The van der Waals surface area contributed by atoms with Gasteiger partial charge in [-0.3, -0.25) is 9.59 Å². The molecule has 0 saturated carbocycles. The number of nitrogens with one attached hydrogen (secondary N) is 1. The van der Waals surface area contributed by atoms with Gasteiger partial charge >= 0.3 is 5.97 Å². The van der Waals surface area contributed by atoms with Crippen molar-refractivity contribution in [3.63, 3.8) is 0 Å². The van der Waals surface area contributed by atoms with E-state index in [2.05, 4.69) is 5.32 Å². The maximum atomic E-state index is 14.8. The molecule has 1 amide bonds. The van der Waals surface area contributed by atoms with Gasteiger partial charge in [-0.05, 0) is 43.4 Å². The van der Waals surface area contributed by atoms with Crippen molar-refractivity contribution < 1.29 is 28.9 Å². The molecule has 0 spiro atoms. The smallest absolute Gasteiger partial charge is 0.343 e. The van der Waals surface area contributed by atoms with Gasteiger partial charge in [0.1, 0.15) is 12.4 Å². The Morgan fingerprint density at radius 3 is 2.82 bits per heavy atom. The van der Waals surface area contributed by atoms with Gasteiger partial charge < -0.3 is 24.8 Å². The first-order chi connectivity index (χ1) is 18.0. The lowest BCUT2D eigenvalue weighted by molar-refractivity contribution is -0.172. The van der Waals surface area contributed by atoms with Crippen LogP contribution in [0.4, 0.5) is 4.39 Å². The zero-order valence-electron chi connectivity index (χ0n) is 20.7. The second-order valence-corrected chi connectivity index (χ2v) is 10.6. The van der Waals surface area contributed by atoms with Crippen molar-refractivity contribution in [1.82, 2.24) is 14.9 Å². The Labute approximate surface area is 221 Å². The molecule has 0 saturated heterocycles. The van der Waals surface area contributed by atoms with Crippen LogP contribution in [0.1, 0.15) is 67.0 Å². The van der Waals surface area contributed by atoms with E-state index < -0.39 is 35.1 Å². The first kappa shape index (κ1) is 25.0. The molecule has 3 aromatic rings. The van der Waals surface area contributed by atoms with E-state index in [4.69, 9.17) is 21.3 Å². The number of halogens is 2. The van der Waals surface area contributed by atoms with Crippen LogP contribution in [0.15, 0.2) is 16.9 Å². The number of hydrogen-bond donors (Lipinski definition) is 3. The number of pyridine rings is 2. The van der Waals surface area contributed by atoms with Crippen molar-refractivity contribution in [2.24, 2.45) is 0 Å². The van der Waals surface area contributed by atoms with Crippen LogP contribution in [0.2, 0.25) is 5.02 Å². The van der Waals surface area contributed by atoms with Crippen molar-refractivity contribution >= 4 is 34.4 Å². The van der Waals surface area contributed by atoms with E-state index in [9.17, 15) is 29.0 Å². The predicted molar refractivity (Wildman–Crippen MR) is 135 cm³/mol. The fraction of sp³-hybridized carbons (Fsp3) is 0.407. The minimum atomic E-state index is -1.97. The van der Waals surface area contributed by atoms with Crippen LogP contribution in [-0.2, 0) is 39.5 Å². The number of aromatic nitrogens is 2. The van der Waals surface area contributed by atoms with E-state index >= 15 is 0 Å². The number of amides is 1. The van der Waals surface area contributed by atoms with Crippen LogP contribution in [0, 0.1) is 5.82 Å². The molecule has 2 aliphatic heterocycles. The number of aliphatic hydroxyl groups is 2. The number of ether oxygens (including phenoxy) is 1. The minimum Gasteiger partial charge on any atom is -0.458 e. The third kappa shape index (κ3) is 3.43. The zero-order chi connectivity index (χ0) is 27.1. The zero-order valence-corrected chi connectivity index (χ0v) is 21.5. The molecule has 3 atom stereocenters. The number of fused-ring (bicyclic) bond motifs is 5. The van der Waals surface area contributed by atoms with Crippen LogP contribution in [0.3, 0.4) is 0 Å². The van der Waals surface area contributed by atoms with Crippen molar-refractivity contribution in [2.75, 3.05) is 0 Å². The summed E-state index contributed by atoms with van der Waals surface area (Å²) in [5, 5.41) is 24.4. The molecule has 1 aliphatic carbocycles. The molecule has 1 aromatic carbocycles. The van der Waals surface area contributed by atoms with E-state index in [0.29, 0.717) is 51.8 Å². The third-order valence-corrected chi connectivity index (χ3v) is 8.27. The van der Waals surface area contributed by atoms with Gasteiger partial charge in [-0.1, -0.05) is 18.5 Å². The summed E-state index contributed by atoms with van der Waals surface area (Å²) in [5.41, 5.74) is 1.09. The summed E-state index contributed by atoms with van der Waals surface area (Å²) in [6, 6.07) is 2.35. The highest BCUT2D eigenvalue weighted by Gasteiger charge is 2.46. The molecule has 6 rings (SSSR count).